The van der Waals surface area contributed by atoms with Crippen LogP contribution >= 0.6 is 0 Å². The normalized spacial score (nSPS) is 13.0. The molecular formula is C65H44N2. The van der Waals surface area contributed by atoms with Gasteiger partial charge in [-0.3, -0.25) is 0 Å². The van der Waals surface area contributed by atoms with Crippen LogP contribution in [-0.4, -0.2) is 9.13 Å². The molecule has 67 heavy (non-hydrogen) atoms. The largest absolute Gasteiger partial charge is 0.344 e. The van der Waals surface area contributed by atoms with Gasteiger partial charge in [-0.1, -0.05) is 194 Å². The van der Waals surface area contributed by atoms with E-state index in [4.69, 9.17) is 0 Å². The quantitative estimate of drug-likeness (QED) is 0.153. The molecule has 13 aromatic rings. The molecule has 2 aromatic heterocycles. The van der Waals surface area contributed by atoms with Crippen molar-refractivity contribution in [1.29, 1.82) is 0 Å². The summed E-state index contributed by atoms with van der Waals surface area (Å²) in [7, 11) is 4.39. The van der Waals surface area contributed by atoms with E-state index >= 15 is 0 Å². The van der Waals surface area contributed by atoms with Crippen LogP contribution in [0.15, 0.2) is 231 Å². The van der Waals surface area contributed by atoms with Crippen LogP contribution in [0.3, 0.4) is 0 Å². The third kappa shape index (κ3) is 5.27. The third-order valence-electron chi connectivity index (χ3n) is 15.2. The highest BCUT2D eigenvalue weighted by Gasteiger charge is 2.46. The van der Waals surface area contributed by atoms with Gasteiger partial charge in [-0.25, -0.2) is 0 Å². The van der Waals surface area contributed by atoms with Crippen LogP contribution < -0.4 is 0 Å². The average Bonchev–Trinajstić information content (AvgIpc) is 3.97. The Morgan fingerprint density at radius 2 is 0.701 bits per heavy atom. The molecule has 2 heteroatoms. The molecule has 14 rings (SSSR count). The number of para-hydroxylation sites is 2. The minimum absolute atomic E-state index is 0.463. The van der Waals surface area contributed by atoms with E-state index in [-0.39, 0.29) is 0 Å². The van der Waals surface area contributed by atoms with Gasteiger partial charge >= 0.3 is 0 Å². The van der Waals surface area contributed by atoms with Crippen LogP contribution in [0.25, 0.3) is 110 Å². The van der Waals surface area contributed by atoms with Crippen molar-refractivity contribution in [3.63, 3.8) is 0 Å². The molecule has 0 saturated carbocycles. The standard InChI is InChI=1S/C65H44N2/c1-66-60-29-13-10-22-49(60)51-34-31-41(38-62(51)66)46-24-15-26-53-55(46)40-56-47(42-32-35-52-50-23-11-14-30-61(50)67(2)63(52)39-42)25-16-27-54(56)64(53)43-33-36-59-57(37-43)48-21-9-12-28-58(48)65(59,44-17-5-3-6-18-44)45-19-7-4-8-20-45/h3-40H,1-2H3. The predicted molar refractivity (Wildman–Crippen MR) is 283 cm³/mol. The zero-order valence-corrected chi connectivity index (χ0v) is 37.3. The molecule has 0 bridgehead atoms. The molecule has 0 atom stereocenters. The highest BCUT2D eigenvalue weighted by Crippen LogP contribution is 2.57. The van der Waals surface area contributed by atoms with Crippen molar-refractivity contribution in [2.24, 2.45) is 14.1 Å². The SMILES string of the molecule is Cn1c2ccccc2c2ccc(-c3cccc4c(-c5ccc6c(c5)-c5ccccc5C6(c5ccccc5)c5ccccc5)c5cccc(-c6ccc7c8ccccc8n(C)c7c6)c5cc34)cc21. The van der Waals surface area contributed by atoms with Crippen LogP contribution in [-0.2, 0) is 19.5 Å². The maximum atomic E-state index is 2.50. The van der Waals surface area contributed by atoms with Gasteiger partial charge in [-0.05, 0) is 125 Å². The maximum Gasteiger partial charge on any atom is 0.0713 e. The molecule has 2 heterocycles. The van der Waals surface area contributed by atoms with Crippen molar-refractivity contribution < 1.29 is 0 Å². The van der Waals surface area contributed by atoms with Crippen molar-refractivity contribution in [3.05, 3.63) is 253 Å². The maximum absolute atomic E-state index is 2.50. The Hall–Kier alpha value is -8.46. The first kappa shape index (κ1) is 37.9. The van der Waals surface area contributed by atoms with Crippen LogP contribution in [0.1, 0.15) is 22.3 Å². The molecule has 0 aliphatic heterocycles. The summed E-state index contributed by atoms with van der Waals surface area (Å²) in [4.78, 5) is 0. The second kappa shape index (κ2) is 14.3. The van der Waals surface area contributed by atoms with Gasteiger partial charge in [0.1, 0.15) is 0 Å². The van der Waals surface area contributed by atoms with E-state index in [2.05, 4.69) is 254 Å². The van der Waals surface area contributed by atoms with E-state index in [0.29, 0.717) is 0 Å². The molecule has 0 fully saturated rings. The monoisotopic (exact) mass is 852 g/mol. The summed E-state index contributed by atoms with van der Waals surface area (Å²) < 4.78 is 4.68. The Labute approximate surface area is 389 Å². The molecule has 0 unspecified atom stereocenters. The summed E-state index contributed by atoms with van der Waals surface area (Å²) in [5.74, 6) is 0. The summed E-state index contributed by atoms with van der Waals surface area (Å²) in [5, 5.41) is 10.1. The Morgan fingerprint density at radius 3 is 1.27 bits per heavy atom. The van der Waals surface area contributed by atoms with Crippen LogP contribution in [0.5, 0.6) is 0 Å². The smallest absolute Gasteiger partial charge is 0.0713 e. The minimum atomic E-state index is -0.463. The van der Waals surface area contributed by atoms with Crippen molar-refractivity contribution >= 4 is 65.2 Å². The minimum Gasteiger partial charge on any atom is -0.344 e. The Kier molecular flexibility index (Phi) is 8.06. The zero-order valence-electron chi connectivity index (χ0n) is 37.3. The molecule has 1 aliphatic carbocycles. The first-order chi connectivity index (χ1) is 33.1. The summed E-state index contributed by atoms with van der Waals surface area (Å²) in [6.45, 7) is 0. The van der Waals surface area contributed by atoms with Crippen LogP contribution in [0.2, 0.25) is 0 Å². The van der Waals surface area contributed by atoms with E-state index < -0.39 is 5.41 Å². The van der Waals surface area contributed by atoms with Gasteiger partial charge in [-0.15, -0.1) is 0 Å². The van der Waals surface area contributed by atoms with E-state index in [1.165, 1.54) is 132 Å². The Balaban J connectivity index is 1.06. The van der Waals surface area contributed by atoms with Gasteiger partial charge in [0.2, 0.25) is 0 Å². The van der Waals surface area contributed by atoms with Crippen molar-refractivity contribution in [1.82, 2.24) is 9.13 Å². The molecule has 0 radical (unpaired) electrons. The number of hydrogen-bond acceptors (Lipinski definition) is 0. The van der Waals surface area contributed by atoms with E-state index in [9.17, 15) is 0 Å². The lowest BCUT2D eigenvalue weighted by Gasteiger charge is -2.33. The van der Waals surface area contributed by atoms with Crippen molar-refractivity contribution in [2.45, 2.75) is 5.41 Å². The predicted octanol–water partition coefficient (Wildman–Crippen LogP) is 16.6. The molecule has 2 nitrogen and oxygen atoms in total. The van der Waals surface area contributed by atoms with Gasteiger partial charge in [0.25, 0.3) is 0 Å². The van der Waals surface area contributed by atoms with Gasteiger partial charge in [-0.2, -0.15) is 0 Å². The van der Waals surface area contributed by atoms with Gasteiger partial charge in [0, 0.05) is 57.7 Å². The fourth-order valence-electron chi connectivity index (χ4n) is 12.2. The first-order valence-electron chi connectivity index (χ1n) is 23.4. The molecule has 0 saturated heterocycles. The third-order valence-corrected chi connectivity index (χ3v) is 15.2. The summed E-state index contributed by atoms with van der Waals surface area (Å²) in [6.07, 6.45) is 0. The number of benzene rings is 11. The van der Waals surface area contributed by atoms with E-state index in [1.54, 1.807) is 0 Å². The molecule has 0 amide bonds. The second-order valence-corrected chi connectivity index (χ2v) is 18.5. The number of aromatic nitrogens is 2. The number of aryl methyl sites for hydroxylation is 2. The fraction of sp³-hybridized carbons (Fsp3) is 0.0462. The average molecular weight is 853 g/mol. The zero-order chi connectivity index (χ0) is 44.4. The van der Waals surface area contributed by atoms with Crippen molar-refractivity contribution in [2.75, 3.05) is 0 Å². The van der Waals surface area contributed by atoms with Crippen molar-refractivity contribution in [3.8, 4) is 44.5 Å². The van der Waals surface area contributed by atoms with E-state index in [1.807, 2.05) is 0 Å². The topological polar surface area (TPSA) is 9.86 Å². The second-order valence-electron chi connectivity index (χ2n) is 18.5. The molecule has 11 aromatic carbocycles. The number of nitrogens with zero attached hydrogens (tertiary/aromatic N) is 2. The molecule has 0 N–H and O–H groups in total. The molecule has 1 aliphatic rings. The number of fused-ring (bicyclic) bond motifs is 11. The van der Waals surface area contributed by atoms with E-state index in [0.717, 1.165) is 0 Å². The Bertz CT molecular complexity index is 3950. The Morgan fingerprint density at radius 1 is 0.269 bits per heavy atom. The number of hydrogen-bond donors (Lipinski definition) is 0. The van der Waals surface area contributed by atoms with Crippen LogP contribution in [0, 0.1) is 0 Å². The molecule has 314 valence electrons. The highest BCUT2D eigenvalue weighted by molar-refractivity contribution is 6.20. The summed E-state index contributed by atoms with van der Waals surface area (Å²) in [6, 6.07) is 86.5. The lowest BCUT2D eigenvalue weighted by Crippen LogP contribution is -2.28. The molecular weight excluding hydrogens is 809 g/mol. The van der Waals surface area contributed by atoms with Crippen LogP contribution in [0.4, 0.5) is 0 Å². The lowest BCUT2D eigenvalue weighted by molar-refractivity contribution is 0.768. The highest BCUT2D eigenvalue weighted by atomic mass is 14.9. The fourth-order valence-corrected chi connectivity index (χ4v) is 12.2. The first-order valence-corrected chi connectivity index (χ1v) is 23.4. The summed E-state index contributed by atoms with van der Waals surface area (Å²) in [5.41, 5.74) is 19.6. The van der Waals surface area contributed by atoms with Gasteiger partial charge in [0.15, 0.2) is 0 Å². The lowest BCUT2D eigenvalue weighted by atomic mass is 9.67. The van der Waals surface area contributed by atoms with Gasteiger partial charge < -0.3 is 9.13 Å². The number of rotatable bonds is 5. The summed E-state index contributed by atoms with van der Waals surface area (Å²) >= 11 is 0. The molecule has 0 spiro atoms. The van der Waals surface area contributed by atoms with Gasteiger partial charge in [0.05, 0.1) is 5.41 Å².